The number of aliphatic imine (C=N–C) groups is 1. The number of nitrogens with zero attached hydrogens (tertiary/aromatic N) is 2. The standard InChI is InChI=1S/C24H32N4O3/c1-3-25-24(27-14-16-5-7-17(8-6-16)15-31-4-2)26-11-12-28-22(29)20-18-9-10-19(13-18)21(20)23(28)30/h5-10,18-21H,3-4,11-15H2,1-2H3,(H2,25,26,27). The third-order valence-electron chi connectivity index (χ3n) is 6.45. The number of imide groups is 1. The van der Waals surface area contributed by atoms with E-state index >= 15 is 0 Å². The Hall–Kier alpha value is -2.67. The van der Waals surface area contributed by atoms with Crippen LogP contribution in [0.25, 0.3) is 0 Å². The monoisotopic (exact) mass is 424 g/mol. The molecule has 0 aromatic heterocycles. The molecule has 7 nitrogen and oxygen atoms in total. The molecule has 166 valence electrons. The largest absolute Gasteiger partial charge is 0.377 e. The quantitative estimate of drug-likeness (QED) is 0.275. The lowest BCUT2D eigenvalue weighted by Gasteiger charge is -2.18. The average molecular weight is 425 g/mol. The number of rotatable bonds is 9. The molecule has 31 heavy (non-hydrogen) atoms. The number of guanidine groups is 1. The van der Waals surface area contributed by atoms with E-state index in [9.17, 15) is 9.59 Å². The van der Waals surface area contributed by atoms with Crippen molar-refractivity contribution in [1.82, 2.24) is 15.5 Å². The number of carbonyl (C=O) groups is 2. The molecule has 4 unspecified atom stereocenters. The maximum Gasteiger partial charge on any atom is 0.233 e. The number of fused-ring (bicyclic) bond motifs is 5. The third-order valence-corrected chi connectivity index (χ3v) is 6.45. The molecular formula is C24H32N4O3. The number of hydrogen-bond donors (Lipinski definition) is 2. The number of benzene rings is 1. The molecule has 1 saturated heterocycles. The molecule has 1 saturated carbocycles. The molecule has 2 aliphatic carbocycles. The van der Waals surface area contributed by atoms with E-state index in [1.807, 2.05) is 13.8 Å². The second kappa shape index (κ2) is 9.64. The highest BCUT2D eigenvalue weighted by Gasteiger charge is 2.58. The van der Waals surface area contributed by atoms with Crippen LogP contribution >= 0.6 is 0 Å². The second-order valence-electron chi connectivity index (χ2n) is 8.40. The lowest BCUT2D eigenvalue weighted by molar-refractivity contribution is -0.140. The topological polar surface area (TPSA) is 83.0 Å². The Bertz CT molecular complexity index is 834. The molecule has 1 aromatic rings. The number of likely N-dealkylation sites (tertiary alicyclic amines) is 1. The summed E-state index contributed by atoms with van der Waals surface area (Å²) in [4.78, 5) is 31.7. The van der Waals surface area contributed by atoms with Gasteiger partial charge in [-0.15, -0.1) is 0 Å². The molecule has 2 N–H and O–H groups in total. The van der Waals surface area contributed by atoms with Crippen molar-refractivity contribution >= 4 is 17.8 Å². The number of carbonyl (C=O) groups excluding carboxylic acids is 2. The summed E-state index contributed by atoms with van der Waals surface area (Å²) in [5.74, 6) is 0.934. The summed E-state index contributed by atoms with van der Waals surface area (Å²) < 4.78 is 5.43. The number of ether oxygens (including phenoxy) is 1. The Kier molecular flexibility index (Phi) is 6.70. The van der Waals surface area contributed by atoms with Crippen molar-refractivity contribution in [3.63, 3.8) is 0 Å². The van der Waals surface area contributed by atoms with Gasteiger partial charge in [-0.05, 0) is 43.2 Å². The van der Waals surface area contributed by atoms with Gasteiger partial charge in [0.15, 0.2) is 5.96 Å². The lowest BCUT2D eigenvalue weighted by Crippen LogP contribution is -2.43. The van der Waals surface area contributed by atoms with Gasteiger partial charge in [0.1, 0.15) is 0 Å². The van der Waals surface area contributed by atoms with Crippen LogP contribution in [0.2, 0.25) is 0 Å². The lowest BCUT2D eigenvalue weighted by atomic mass is 9.85. The molecule has 2 amide bonds. The van der Waals surface area contributed by atoms with Crippen LogP contribution < -0.4 is 10.6 Å². The van der Waals surface area contributed by atoms with E-state index in [1.54, 1.807) is 0 Å². The molecule has 7 heteroatoms. The van der Waals surface area contributed by atoms with Crippen LogP contribution in [0.1, 0.15) is 31.4 Å². The predicted molar refractivity (Wildman–Crippen MR) is 119 cm³/mol. The summed E-state index contributed by atoms with van der Waals surface area (Å²) in [5, 5.41) is 6.48. The minimum Gasteiger partial charge on any atom is -0.377 e. The van der Waals surface area contributed by atoms with Gasteiger partial charge in [0, 0.05) is 26.2 Å². The Balaban J connectivity index is 1.29. The van der Waals surface area contributed by atoms with Gasteiger partial charge in [-0.1, -0.05) is 36.4 Å². The van der Waals surface area contributed by atoms with Crippen LogP contribution in [0.4, 0.5) is 0 Å². The average Bonchev–Trinajstić information content (AvgIpc) is 3.46. The first kappa shape index (κ1) is 21.6. The van der Waals surface area contributed by atoms with E-state index in [2.05, 4.69) is 52.0 Å². The van der Waals surface area contributed by atoms with Crippen molar-refractivity contribution in [1.29, 1.82) is 0 Å². The smallest absolute Gasteiger partial charge is 0.233 e. The van der Waals surface area contributed by atoms with Crippen molar-refractivity contribution in [3.05, 3.63) is 47.5 Å². The van der Waals surface area contributed by atoms with E-state index in [-0.39, 0.29) is 35.5 Å². The maximum absolute atomic E-state index is 12.8. The summed E-state index contributed by atoms with van der Waals surface area (Å²) in [6, 6.07) is 8.24. The minimum absolute atomic E-state index is 0.00253. The SMILES string of the molecule is CCNC(=NCc1ccc(COCC)cc1)NCCN1C(=O)C2C3C=CC(C3)C2C1=O. The van der Waals surface area contributed by atoms with E-state index < -0.39 is 0 Å². The summed E-state index contributed by atoms with van der Waals surface area (Å²) >= 11 is 0. The van der Waals surface area contributed by atoms with Gasteiger partial charge in [-0.2, -0.15) is 0 Å². The van der Waals surface area contributed by atoms with Crippen LogP contribution in [0.15, 0.2) is 41.4 Å². The van der Waals surface area contributed by atoms with Crippen molar-refractivity contribution in [2.45, 2.75) is 33.4 Å². The molecule has 2 fully saturated rings. The van der Waals surface area contributed by atoms with Crippen molar-refractivity contribution in [2.24, 2.45) is 28.7 Å². The van der Waals surface area contributed by atoms with E-state index in [4.69, 9.17) is 4.74 Å². The van der Waals surface area contributed by atoms with Gasteiger partial charge in [0.05, 0.1) is 25.0 Å². The first-order valence-electron chi connectivity index (χ1n) is 11.3. The van der Waals surface area contributed by atoms with Gasteiger partial charge in [0.2, 0.25) is 11.8 Å². The molecule has 1 aliphatic heterocycles. The van der Waals surface area contributed by atoms with Crippen LogP contribution in [0.5, 0.6) is 0 Å². The zero-order chi connectivity index (χ0) is 21.8. The van der Waals surface area contributed by atoms with Crippen LogP contribution in [0.3, 0.4) is 0 Å². The number of hydrogen-bond acceptors (Lipinski definition) is 4. The number of nitrogens with one attached hydrogen (secondary N) is 2. The van der Waals surface area contributed by atoms with E-state index in [0.717, 1.165) is 24.1 Å². The highest BCUT2D eigenvalue weighted by atomic mass is 16.5. The van der Waals surface area contributed by atoms with Gasteiger partial charge < -0.3 is 15.4 Å². The molecule has 3 aliphatic rings. The van der Waals surface area contributed by atoms with E-state index in [0.29, 0.717) is 38.8 Å². The first-order valence-corrected chi connectivity index (χ1v) is 11.3. The van der Waals surface area contributed by atoms with Crippen molar-refractivity contribution in [2.75, 3.05) is 26.2 Å². The molecule has 4 atom stereocenters. The molecular weight excluding hydrogens is 392 g/mol. The van der Waals surface area contributed by atoms with Gasteiger partial charge >= 0.3 is 0 Å². The summed E-state index contributed by atoms with van der Waals surface area (Å²) in [6.07, 6.45) is 5.21. The van der Waals surface area contributed by atoms with Crippen molar-refractivity contribution in [3.8, 4) is 0 Å². The highest BCUT2D eigenvalue weighted by molar-refractivity contribution is 6.06. The Morgan fingerprint density at radius 2 is 1.68 bits per heavy atom. The fourth-order valence-electron chi connectivity index (χ4n) is 4.94. The fourth-order valence-corrected chi connectivity index (χ4v) is 4.94. The van der Waals surface area contributed by atoms with Gasteiger partial charge in [-0.3, -0.25) is 14.5 Å². The summed E-state index contributed by atoms with van der Waals surface area (Å²) in [6.45, 7) is 7.47. The van der Waals surface area contributed by atoms with Crippen LogP contribution in [0, 0.1) is 23.7 Å². The fraction of sp³-hybridized carbons (Fsp3) is 0.542. The van der Waals surface area contributed by atoms with Crippen LogP contribution in [-0.2, 0) is 27.5 Å². The molecule has 4 rings (SSSR count). The normalized spacial score (nSPS) is 26.6. The molecule has 1 heterocycles. The Morgan fingerprint density at radius 3 is 2.29 bits per heavy atom. The zero-order valence-corrected chi connectivity index (χ0v) is 18.3. The zero-order valence-electron chi connectivity index (χ0n) is 18.3. The van der Waals surface area contributed by atoms with Crippen LogP contribution in [-0.4, -0.2) is 48.9 Å². The van der Waals surface area contributed by atoms with Crippen molar-refractivity contribution < 1.29 is 14.3 Å². The summed E-state index contributed by atoms with van der Waals surface area (Å²) in [5.41, 5.74) is 2.26. The number of amides is 2. The highest BCUT2D eigenvalue weighted by Crippen LogP contribution is 2.52. The first-order chi connectivity index (χ1) is 15.1. The van der Waals surface area contributed by atoms with Gasteiger partial charge in [0.25, 0.3) is 0 Å². The van der Waals surface area contributed by atoms with E-state index in [1.165, 1.54) is 4.90 Å². The molecule has 1 aromatic carbocycles. The predicted octanol–water partition coefficient (Wildman–Crippen LogP) is 2.09. The molecule has 2 bridgehead atoms. The Morgan fingerprint density at radius 1 is 1.03 bits per heavy atom. The number of allylic oxidation sites excluding steroid dienone is 2. The Labute approximate surface area is 183 Å². The second-order valence-corrected chi connectivity index (χ2v) is 8.40. The molecule has 0 radical (unpaired) electrons. The maximum atomic E-state index is 12.8. The molecule has 0 spiro atoms. The van der Waals surface area contributed by atoms with Gasteiger partial charge in [-0.25, -0.2) is 4.99 Å². The third kappa shape index (κ3) is 4.51. The minimum atomic E-state index is -0.130. The summed E-state index contributed by atoms with van der Waals surface area (Å²) in [7, 11) is 0.